The van der Waals surface area contributed by atoms with Crippen LogP contribution in [0, 0.1) is 34.5 Å². The molecule has 8 unspecified atom stereocenters. The van der Waals surface area contributed by atoms with Crippen molar-refractivity contribution in [2.75, 3.05) is 46.4 Å². The van der Waals surface area contributed by atoms with Gasteiger partial charge in [0.25, 0.3) is 0 Å². The third-order valence-corrected chi connectivity index (χ3v) is 12.0. The smallest absolute Gasteiger partial charge is 0.334 e. The lowest BCUT2D eigenvalue weighted by Gasteiger charge is -2.61. The molecule has 3 saturated carbocycles. The Hall–Kier alpha value is -1.98. The Morgan fingerprint density at radius 2 is 2.05 bits per heavy atom. The van der Waals surface area contributed by atoms with Crippen molar-refractivity contribution in [3.63, 3.8) is 0 Å². The number of aliphatic carboxylic acids is 1. The standard InChI is InChI=1S/C34H57N5O5/c1-22(2)10-12-38-26-6-5-7-27(17-26)44-21-32(43)19-33-23(3)8-9-24(16-28(33)29(32)30(41)42)34(33)20-39(31(35)36-4)14-11-25(34)18-37-13-15-40/h11,14,22-27,37-38,40,43H,5-10,12-13,15-21H2,1-4H3,(H2,35,36)(H,41,42). The van der Waals surface area contributed by atoms with Gasteiger partial charge in [-0.2, -0.15) is 0 Å². The molecule has 0 aromatic rings. The van der Waals surface area contributed by atoms with E-state index in [2.05, 4.69) is 42.5 Å². The summed E-state index contributed by atoms with van der Waals surface area (Å²) in [5, 5.41) is 39.9. The van der Waals surface area contributed by atoms with Crippen LogP contribution in [-0.4, -0.2) is 96.3 Å². The first-order chi connectivity index (χ1) is 21.0. The van der Waals surface area contributed by atoms with E-state index in [9.17, 15) is 20.1 Å². The van der Waals surface area contributed by atoms with Crippen LogP contribution < -0.4 is 16.4 Å². The molecule has 0 saturated heterocycles. The molecule has 5 aliphatic rings. The lowest BCUT2D eigenvalue weighted by Crippen LogP contribution is -2.62. The number of nitrogens with two attached hydrogens (primary N) is 1. The first kappa shape index (κ1) is 33.4. The summed E-state index contributed by atoms with van der Waals surface area (Å²) in [5.74, 6) is 0.575. The van der Waals surface area contributed by atoms with Gasteiger partial charge in [-0.05, 0) is 93.6 Å². The van der Waals surface area contributed by atoms with Gasteiger partial charge in [0.05, 0.1) is 24.9 Å². The number of nitrogens with one attached hydrogen (secondary N) is 2. The maximum Gasteiger partial charge on any atom is 0.334 e. The second-order valence-corrected chi connectivity index (χ2v) is 14.8. The number of aliphatic hydroxyl groups excluding tert-OH is 1. The highest BCUT2D eigenvalue weighted by molar-refractivity contribution is 5.92. The Balaban J connectivity index is 1.46. The number of guanidine groups is 1. The van der Waals surface area contributed by atoms with Crippen molar-refractivity contribution in [2.45, 2.75) is 96.3 Å². The van der Waals surface area contributed by atoms with E-state index in [0.29, 0.717) is 50.4 Å². The Labute approximate surface area is 263 Å². The molecule has 0 aromatic carbocycles. The lowest BCUT2D eigenvalue weighted by atomic mass is 9.46. The van der Waals surface area contributed by atoms with Crippen molar-refractivity contribution in [2.24, 2.45) is 45.2 Å². The Morgan fingerprint density at radius 3 is 2.75 bits per heavy atom. The van der Waals surface area contributed by atoms with Crippen LogP contribution >= 0.6 is 0 Å². The predicted molar refractivity (Wildman–Crippen MR) is 172 cm³/mol. The van der Waals surface area contributed by atoms with Gasteiger partial charge < -0.3 is 41.3 Å². The molecule has 8 atom stereocenters. The Kier molecular flexibility index (Phi) is 10.2. The molecule has 2 bridgehead atoms. The van der Waals surface area contributed by atoms with E-state index in [-0.39, 0.29) is 48.1 Å². The van der Waals surface area contributed by atoms with Crippen LogP contribution in [0.5, 0.6) is 0 Å². The van der Waals surface area contributed by atoms with Gasteiger partial charge in [-0.15, -0.1) is 0 Å². The van der Waals surface area contributed by atoms with E-state index in [0.717, 1.165) is 57.1 Å². The zero-order valence-electron chi connectivity index (χ0n) is 27.4. The number of carboxylic acids is 1. The molecule has 1 heterocycles. The fourth-order valence-electron chi connectivity index (χ4n) is 10.0. The summed E-state index contributed by atoms with van der Waals surface area (Å²) in [4.78, 5) is 19.4. The molecule has 4 aliphatic carbocycles. The van der Waals surface area contributed by atoms with Gasteiger partial charge in [0.2, 0.25) is 0 Å². The maximum absolute atomic E-state index is 13.1. The van der Waals surface area contributed by atoms with Gasteiger partial charge in [0.1, 0.15) is 5.60 Å². The summed E-state index contributed by atoms with van der Waals surface area (Å²) in [6, 6.07) is 0.390. The van der Waals surface area contributed by atoms with E-state index in [1.807, 2.05) is 11.1 Å². The molecule has 0 radical (unpaired) electrons. The molecule has 248 valence electrons. The number of hydrogen-bond acceptors (Lipinski definition) is 7. The number of ether oxygens (including phenoxy) is 1. The summed E-state index contributed by atoms with van der Waals surface area (Å²) in [7, 11) is 1.69. The summed E-state index contributed by atoms with van der Waals surface area (Å²) < 4.78 is 6.51. The van der Waals surface area contributed by atoms with Crippen LogP contribution in [0.25, 0.3) is 0 Å². The predicted octanol–water partition coefficient (Wildman–Crippen LogP) is 2.86. The van der Waals surface area contributed by atoms with Gasteiger partial charge in [-0.1, -0.05) is 26.8 Å². The number of nitrogens with zero attached hydrogens (tertiary/aromatic N) is 2. The molecule has 10 heteroatoms. The molecule has 44 heavy (non-hydrogen) atoms. The summed E-state index contributed by atoms with van der Waals surface area (Å²) in [6.45, 7) is 9.54. The molecular formula is C34H57N5O5. The maximum atomic E-state index is 13.1. The van der Waals surface area contributed by atoms with E-state index in [4.69, 9.17) is 10.5 Å². The van der Waals surface area contributed by atoms with E-state index < -0.39 is 17.0 Å². The molecule has 2 spiro atoms. The van der Waals surface area contributed by atoms with Gasteiger partial charge in [0, 0.05) is 49.8 Å². The van der Waals surface area contributed by atoms with Crippen LogP contribution in [0.1, 0.15) is 78.6 Å². The molecule has 7 N–H and O–H groups in total. The van der Waals surface area contributed by atoms with Crippen molar-refractivity contribution in [1.82, 2.24) is 15.5 Å². The molecule has 0 aromatic heterocycles. The van der Waals surface area contributed by atoms with E-state index >= 15 is 0 Å². The quantitative estimate of drug-likeness (QED) is 0.111. The monoisotopic (exact) mass is 615 g/mol. The third-order valence-electron chi connectivity index (χ3n) is 12.0. The number of aliphatic hydroxyl groups is 2. The van der Waals surface area contributed by atoms with E-state index in [1.54, 1.807) is 7.05 Å². The SMILES string of the molecule is CN=C(N)N1C=CC(CNCCO)C2(C1)C1CCC(C)C23CC(O)(COC2CCCC(NCCC(C)C)C2)C(C(=O)O)=C3C1. The van der Waals surface area contributed by atoms with Crippen LogP contribution in [0.2, 0.25) is 0 Å². The molecule has 3 fully saturated rings. The zero-order chi connectivity index (χ0) is 31.7. The van der Waals surface area contributed by atoms with Gasteiger partial charge >= 0.3 is 5.97 Å². The average molecular weight is 616 g/mol. The third kappa shape index (κ3) is 5.74. The minimum atomic E-state index is -1.57. The lowest BCUT2D eigenvalue weighted by molar-refractivity contribution is -0.143. The average Bonchev–Trinajstić information content (AvgIpc) is 3.34. The van der Waals surface area contributed by atoms with E-state index in [1.165, 1.54) is 0 Å². The van der Waals surface area contributed by atoms with Crippen LogP contribution in [0.4, 0.5) is 0 Å². The topological polar surface area (TPSA) is 153 Å². The minimum Gasteiger partial charge on any atom is -0.478 e. The highest BCUT2D eigenvalue weighted by atomic mass is 16.5. The van der Waals surface area contributed by atoms with Crippen molar-refractivity contribution in [3.05, 3.63) is 23.4 Å². The zero-order valence-corrected chi connectivity index (χ0v) is 27.4. The van der Waals surface area contributed by atoms with Crippen molar-refractivity contribution in [3.8, 4) is 0 Å². The fraction of sp³-hybridized carbons (Fsp3) is 0.824. The van der Waals surface area contributed by atoms with Crippen molar-refractivity contribution >= 4 is 11.9 Å². The molecular weight excluding hydrogens is 558 g/mol. The molecule has 10 nitrogen and oxygen atoms in total. The first-order valence-corrected chi connectivity index (χ1v) is 17.1. The number of hydrogen-bond donors (Lipinski definition) is 6. The van der Waals surface area contributed by atoms with Crippen LogP contribution in [0.3, 0.4) is 0 Å². The molecule has 1 aliphatic heterocycles. The highest BCUT2D eigenvalue weighted by Crippen LogP contribution is 2.77. The molecule has 0 amide bonds. The fourth-order valence-corrected chi connectivity index (χ4v) is 10.0. The van der Waals surface area contributed by atoms with Crippen molar-refractivity contribution in [1.29, 1.82) is 0 Å². The Bertz CT molecular complexity index is 1140. The second-order valence-electron chi connectivity index (χ2n) is 14.8. The molecule has 5 rings (SSSR count). The van der Waals surface area contributed by atoms with Crippen LogP contribution in [-0.2, 0) is 9.53 Å². The summed E-state index contributed by atoms with van der Waals surface area (Å²) >= 11 is 0. The number of aliphatic imine (C=N–C) groups is 1. The number of carboxylic acid groups (broad SMARTS) is 1. The highest BCUT2D eigenvalue weighted by Gasteiger charge is 2.75. The Morgan fingerprint density at radius 1 is 1.25 bits per heavy atom. The number of allylic oxidation sites excluding steroid dienone is 1. The number of carbonyl (C=O) groups is 1. The largest absolute Gasteiger partial charge is 0.478 e. The normalized spacial score (nSPS) is 38.7. The summed E-state index contributed by atoms with van der Waals surface area (Å²) in [5.41, 5.74) is 5.06. The van der Waals surface area contributed by atoms with Gasteiger partial charge in [-0.25, -0.2) is 4.79 Å². The summed E-state index contributed by atoms with van der Waals surface area (Å²) in [6.07, 6.45) is 12.3. The minimum absolute atomic E-state index is 0.00225. The second kappa shape index (κ2) is 13.4. The number of rotatable bonds is 12. The first-order valence-electron chi connectivity index (χ1n) is 17.1. The van der Waals surface area contributed by atoms with Crippen LogP contribution in [0.15, 0.2) is 28.4 Å². The van der Waals surface area contributed by atoms with Gasteiger partial charge in [0.15, 0.2) is 5.96 Å². The van der Waals surface area contributed by atoms with Gasteiger partial charge in [-0.3, -0.25) is 4.99 Å². The van der Waals surface area contributed by atoms with Crippen molar-refractivity contribution < 1.29 is 24.9 Å².